The lowest BCUT2D eigenvalue weighted by Crippen LogP contribution is -2.17. The zero-order valence-corrected chi connectivity index (χ0v) is 15.0. The van der Waals surface area contributed by atoms with Crippen molar-refractivity contribution in [2.45, 2.75) is 18.2 Å². The van der Waals surface area contributed by atoms with E-state index in [0.29, 0.717) is 10.8 Å². The van der Waals surface area contributed by atoms with Crippen LogP contribution in [0.5, 0.6) is 5.75 Å². The summed E-state index contributed by atoms with van der Waals surface area (Å²) in [4.78, 5) is 0. The lowest BCUT2D eigenvalue weighted by Gasteiger charge is -2.17. The molecule has 0 spiro atoms. The number of hydrogen-bond donors (Lipinski definition) is 0. The minimum Gasteiger partial charge on any atom is -0.483 e. The van der Waals surface area contributed by atoms with Crippen LogP contribution in [0.3, 0.4) is 0 Å². The standard InChI is InChI=1S/C18H15ClN4OS/c1-12(24-15-5-3-2-4-6-15)17-20-21-18-23(17)22-16(11-25-18)13-7-9-14(19)10-8-13/h2-10,12H,11H2,1H3. The Kier molecular flexibility index (Phi) is 4.46. The van der Waals surface area contributed by atoms with Gasteiger partial charge in [0.2, 0.25) is 5.16 Å². The smallest absolute Gasteiger partial charge is 0.212 e. The lowest BCUT2D eigenvalue weighted by atomic mass is 10.1. The van der Waals surface area contributed by atoms with Gasteiger partial charge in [-0.1, -0.05) is 53.7 Å². The number of fused-ring (bicyclic) bond motifs is 1. The van der Waals surface area contributed by atoms with Gasteiger partial charge < -0.3 is 4.74 Å². The van der Waals surface area contributed by atoms with E-state index in [1.807, 2.05) is 61.5 Å². The number of nitrogens with zero attached hydrogens (tertiary/aromatic N) is 4. The highest BCUT2D eigenvalue weighted by molar-refractivity contribution is 7.99. The molecule has 0 bridgehead atoms. The summed E-state index contributed by atoms with van der Waals surface area (Å²) in [6.45, 7) is 1.95. The van der Waals surface area contributed by atoms with Gasteiger partial charge in [0.1, 0.15) is 5.75 Å². The number of benzene rings is 2. The Hall–Kier alpha value is -2.31. The summed E-state index contributed by atoms with van der Waals surface area (Å²) in [5, 5.41) is 14.7. The summed E-state index contributed by atoms with van der Waals surface area (Å²) in [5.41, 5.74) is 2.00. The molecule has 0 fully saturated rings. The highest BCUT2D eigenvalue weighted by atomic mass is 35.5. The van der Waals surface area contributed by atoms with Crippen molar-refractivity contribution in [3.8, 4) is 5.75 Å². The average Bonchev–Trinajstić information content (AvgIpc) is 3.06. The summed E-state index contributed by atoms with van der Waals surface area (Å²) in [5.74, 6) is 2.21. The van der Waals surface area contributed by atoms with Crippen LogP contribution in [0.25, 0.3) is 0 Å². The van der Waals surface area contributed by atoms with E-state index < -0.39 is 0 Å². The van der Waals surface area contributed by atoms with Crippen LogP contribution in [0.2, 0.25) is 5.02 Å². The largest absolute Gasteiger partial charge is 0.483 e. The van der Waals surface area contributed by atoms with Crippen molar-refractivity contribution >= 4 is 29.1 Å². The summed E-state index contributed by atoms with van der Waals surface area (Å²) in [7, 11) is 0. The van der Waals surface area contributed by atoms with Gasteiger partial charge in [-0.2, -0.15) is 9.78 Å². The van der Waals surface area contributed by atoms with Crippen molar-refractivity contribution in [1.82, 2.24) is 14.9 Å². The first-order chi connectivity index (χ1) is 12.2. The highest BCUT2D eigenvalue weighted by Crippen LogP contribution is 2.28. The normalized spacial score (nSPS) is 14.6. The maximum absolute atomic E-state index is 5.97. The molecule has 2 heterocycles. The van der Waals surface area contributed by atoms with Gasteiger partial charge in [-0.25, -0.2) is 0 Å². The topological polar surface area (TPSA) is 52.3 Å². The molecule has 1 aliphatic rings. The SMILES string of the molecule is CC(Oc1ccccc1)c1nnc2n1N=C(c1ccc(Cl)cc1)CS2. The molecule has 7 heteroatoms. The fourth-order valence-corrected chi connectivity index (χ4v) is 3.51. The van der Waals surface area contributed by atoms with Crippen LogP contribution in [0.4, 0.5) is 0 Å². The van der Waals surface area contributed by atoms with Gasteiger partial charge in [0, 0.05) is 10.8 Å². The third kappa shape index (κ3) is 3.41. The molecule has 0 amide bonds. The maximum atomic E-state index is 5.97. The first-order valence-corrected chi connectivity index (χ1v) is 9.20. The van der Waals surface area contributed by atoms with Crippen molar-refractivity contribution in [2.24, 2.45) is 5.10 Å². The third-order valence-corrected chi connectivity index (χ3v) is 4.97. The van der Waals surface area contributed by atoms with Gasteiger partial charge in [-0.15, -0.1) is 10.2 Å². The number of halogens is 1. The van der Waals surface area contributed by atoms with Gasteiger partial charge in [-0.05, 0) is 36.8 Å². The van der Waals surface area contributed by atoms with Crippen LogP contribution < -0.4 is 4.74 Å². The van der Waals surface area contributed by atoms with E-state index in [0.717, 1.165) is 27.9 Å². The molecule has 126 valence electrons. The van der Waals surface area contributed by atoms with Crippen LogP contribution in [-0.2, 0) is 0 Å². The second kappa shape index (κ2) is 6.90. The number of thioether (sulfide) groups is 1. The van der Waals surface area contributed by atoms with Gasteiger partial charge in [0.05, 0.1) is 5.71 Å². The molecule has 1 unspecified atom stereocenters. The van der Waals surface area contributed by atoms with Gasteiger partial charge in [0.15, 0.2) is 11.9 Å². The molecule has 4 rings (SSSR count). The minimum absolute atomic E-state index is 0.266. The Morgan fingerprint density at radius 2 is 1.84 bits per heavy atom. The molecule has 0 N–H and O–H groups in total. The molecule has 0 aliphatic carbocycles. The molecule has 3 aromatic rings. The maximum Gasteiger partial charge on any atom is 0.212 e. The molecule has 1 atom stereocenters. The molecule has 0 saturated carbocycles. The third-order valence-electron chi connectivity index (χ3n) is 3.79. The van der Waals surface area contributed by atoms with Crippen molar-refractivity contribution < 1.29 is 4.74 Å². The first kappa shape index (κ1) is 16.2. The molecule has 1 aromatic heterocycles. The number of rotatable bonds is 4. The second-order valence-electron chi connectivity index (χ2n) is 5.57. The molecular weight excluding hydrogens is 356 g/mol. The Labute approximate surface area is 154 Å². The predicted octanol–water partition coefficient (Wildman–Crippen LogP) is 4.43. The van der Waals surface area contributed by atoms with Crippen molar-refractivity contribution in [3.63, 3.8) is 0 Å². The van der Waals surface area contributed by atoms with E-state index in [2.05, 4.69) is 10.2 Å². The number of ether oxygens (including phenoxy) is 1. The summed E-state index contributed by atoms with van der Waals surface area (Å²) in [6.07, 6.45) is -0.266. The van der Waals surface area contributed by atoms with Crippen LogP contribution in [0.15, 0.2) is 64.9 Å². The van der Waals surface area contributed by atoms with Gasteiger partial charge >= 0.3 is 0 Å². The van der Waals surface area contributed by atoms with Crippen LogP contribution in [-0.4, -0.2) is 26.3 Å². The molecule has 5 nitrogen and oxygen atoms in total. The van der Waals surface area contributed by atoms with E-state index >= 15 is 0 Å². The Bertz CT molecular complexity index is 909. The van der Waals surface area contributed by atoms with Crippen molar-refractivity contribution in [1.29, 1.82) is 0 Å². The molecule has 1 aliphatic heterocycles. The minimum atomic E-state index is -0.266. The highest BCUT2D eigenvalue weighted by Gasteiger charge is 2.24. The lowest BCUT2D eigenvalue weighted by molar-refractivity contribution is 0.211. The Morgan fingerprint density at radius 1 is 1.08 bits per heavy atom. The zero-order chi connectivity index (χ0) is 17.2. The molecule has 0 radical (unpaired) electrons. The van der Waals surface area contributed by atoms with E-state index in [-0.39, 0.29) is 6.10 Å². The fourth-order valence-electron chi connectivity index (χ4n) is 2.54. The summed E-state index contributed by atoms with van der Waals surface area (Å²) in [6, 6.07) is 17.4. The van der Waals surface area contributed by atoms with E-state index in [1.165, 1.54) is 0 Å². The second-order valence-corrected chi connectivity index (χ2v) is 6.95. The predicted molar refractivity (Wildman–Crippen MR) is 99.6 cm³/mol. The Morgan fingerprint density at radius 3 is 2.60 bits per heavy atom. The molecular formula is C18H15ClN4OS. The van der Waals surface area contributed by atoms with E-state index in [1.54, 1.807) is 16.4 Å². The number of aromatic nitrogens is 3. The number of hydrogen-bond acceptors (Lipinski definition) is 5. The van der Waals surface area contributed by atoms with Crippen LogP contribution in [0.1, 0.15) is 24.4 Å². The van der Waals surface area contributed by atoms with Gasteiger partial charge in [-0.3, -0.25) is 0 Å². The fraction of sp³-hybridized carbons (Fsp3) is 0.167. The monoisotopic (exact) mass is 370 g/mol. The summed E-state index contributed by atoms with van der Waals surface area (Å²) >= 11 is 7.58. The van der Waals surface area contributed by atoms with E-state index in [4.69, 9.17) is 21.4 Å². The van der Waals surface area contributed by atoms with E-state index in [9.17, 15) is 0 Å². The Balaban J connectivity index is 1.63. The zero-order valence-electron chi connectivity index (χ0n) is 13.5. The van der Waals surface area contributed by atoms with Crippen LogP contribution in [0, 0.1) is 0 Å². The molecule has 25 heavy (non-hydrogen) atoms. The van der Waals surface area contributed by atoms with Crippen molar-refractivity contribution in [2.75, 3.05) is 5.75 Å². The van der Waals surface area contributed by atoms with Crippen LogP contribution >= 0.6 is 23.4 Å². The van der Waals surface area contributed by atoms with Crippen molar-refractivity contribution in [3.05, 3.63) is 71.0 Å². The number of para-hydroxylation sites is 1. The molecule has 2 aromatic carbocycles. The molecule has 0 saturated heterocycles. The summed E-state index contributed by atoms with van der Waals surface area (Å²) < 4.78 is 7.73. The van der Waals surface area contributed by atoms with Gasteiger partial charge in [0.25, 0.3) is 0 Å². The first-order valence-electron chi connectivity index (χ1n) is 7.84. The quantitative estimate of drug-likeness (QED) is 0.681. The average molecular weight is 371 g/mol.